The maximum absolute atomic E-state index is 11.7. The molecular formula is C13H16ClNO3. The number of carbonyl (C=O) groups is 2. The fourth-order valence-electron chi connectivity index (χ4n) is 1.32. The number of hydrogen-bond donors (Lipinski definition) is 1. The summed E-state index contributed by atoms with van der Waals surface area (Å²) in [6.07, 6.45) is 0.753. The van der Waals surface area contributed by atoms with E-state index >= 15 is 0 Å². The lowest BCUT2D eigenvalue weighted by Gasteiger charge is -2.11. The summed E-state index contributed by atoms with van der Waals surface area (Å²) in [7, 11) is 1.28. The van der Waals surface area contributed by atoms with Crippen LogP contribution in [-0.2, 0) is 9.53 Å². The van der Waals surface area contributed by atoms with Crippen molar-refractivity contribution in [1.82, 2.24) is 0 Å². The standard InChI is InChI=1S/C13H16ClNO3/c1-4-8(2)12(16)15-9-5-6-11(14)10(7-9)13(17)18-3/h5-8H,4H2,1-3H3,(H,15,16). The van der Waals surface area contributed by atoms with Gasteiger partial charge in [-0.1, -0.05) is 25.4 Å². The lowest BCUT2D eigenvalue weighted by atomic mass is 10.1. The van der Waals surface area contributed by atoms with Crippen LogP contribution in [-0.4, -0.2) is 19.0 Å². The number of methoxy groups -OCH3 is 1. The van der Waals surface area contributed by atoms with Crippen molar-refractivity contribution in [2.75, 3.05) is 12.4 Å². The molecule has 0 bridgehead atoms. The molecule has 0 aliphatic heterocycles. The zero-order chi connectivity index (χ0) is 13.7. The minimum absolute atomic E-state index is 0.0812. The molecule has 1 atom stereocenters. The Morgan fingerprint density at radius 3 is 2.67 bits per heavy atom. The largest absolute Gasteiger partial charge is 0.465 e. The van der Waals surface area contributed by atoms with Gasteiger partial charge in [0.2, 0.25) is 5.91 Å². The molecule has 18 heavy (non-hydrogen) atoms. The Bertz CT molecular complexity index is 460. The second kappa shape index (κ2) is 6.40. The first kappa shape index (κ1) is 14.5. The minimum Gasteiger partial charge on any atom is -0.465 e. The first-order valence-electron chi connectivity index (χ1n) is 5.68. The normalized spacial score (nSPS) is 11.8. The fraction of sp³-hybridized carbons (Fsp3) is 0.385. The van der Waals surface area contributed by atoms with E-state index in [4.69, 9.17) is 11.6 Å². The van der Waals surface area contributed by atoms with Gasteiger partial charge in [-0.2, -0.15) is 0 Å². The van der Waals surface area contributed by atoms with E-state index in [0.29, 0.717) is 10.7 Å². The van der Waals surface area contributed by atoms with E-state index in [1.54, 1.807) is 12.1 Å². The molecule has 0 spiro atoms. The van der Waals surface area contributed by atoms with Gasteiger partial charge in [0.1, 0.15) is 0 Å². The van der Waals surface area contributed by atoms with Crippen molar-refractivity contribution in [2.24, 2.45) is 5.92 Å². The average molecular weight is 270 g/mol. The van der Waals surface area contributed by atoms with Gasteiger partial charge in [0.15, 0.2) is 0 Å². The van der Waals surface area contributed by atoms with Crippen molar-refractivity contribution in [3.05, 3.63) is 28.8 Å². The number of nitrogens with one attached hydrogen (secondary N) is 1. The van der Waals surface area contributed by atoms with E-state index < -0.39 is 5.97 Å². The zero-order valence-electron chi connectivity index (χ0n) is 10.6. The van der Waals surface area contributed by atoms with Gasteiger partial charge in [0.05, 0.1) is 17.7 Å². The number of carbonyl (C=O) groups excluding carboxylic acids is 2. The summed E-state index contributed by atoms with van der Waals surface area (Å²) in [5.41, 5.74) is 0.770. The Balaban J connectivity index is 2.92. The van der Waals surface area contributed by atoms with E-state index in [1.165, 1.54) is 13.2 Å². The molecule has 0 radical (unpaired) electrons. The van der Waals surface area contributed by atoms with Gasteiger partial charge < -0.3 is 10.1 Å². The van der Waals surface area contributed by atoms with Crippen LogP contribution in [0.5, 0.6) is 0 Å². The van der Waals surface area contributed by atoms with Gasteiger partial charge in [0, 0.05) is 11.6 Å². The number of ether oxygens (including phenoxy) is 1. The van der Waals surface area contributed by atoms with Crippen LogP contribution in [0.3, 0.4) is 0 Å². The quantitative estimate of drug-likeness (QED) is 0.855. The summed E-state index contributed by atoms with van der Waals surface area (Å²) in [6.45, 7) is 3.78. The molecule has 0 aliphatic carbocycles. The predicted molar refractivity (Wildman–Crippen MR) is 70.9 cm³/mol. The molecule has 0 saturated carbocycles. The highest BCUT2D eigenvalue weighted by atomic mass is 35.5. The Kier molecular flexibility index (Phi) is 5.16. The molecule has 0 aliphatic rings. The lowest BCUT2D eigenvalue weighted by Crippen LogP contribution is -2.19. The number of amides is 1. The molecule has 0 aromatic heterocycles. The Hall–Kier alpha value is -1.55. The van der Waals surface area contributed by atoms with Crippen molar-refractivity contribution < 1.29 is 14.3 Å². The number of benzene rings is 1. The first-order valence-corrected chi connectivity index (χ1v) is 6.06. The molecule has 0 fully saturated rings. The number of anilines is 1. The zero-order valence-corrected chi connectivity index (χ0v) is 11.4. The van der Waals surface area contributed by atoms with Gasteiger partial charge in [-0.3, -0.25) is 4.79 Å². The fourth-order valence-corrected chi connectivity index (χ4v) is 1.51. The van der Waals surface area contributed by atoms with Crippen molar-refractivity contribution in [3.8, 4) is 0 Å². The highest BCUT2D eigenvalue weighted by Crippen LogP contribution is 2.22. The SMILES string of the molecule is CCC(C)C(=O)Nc1ccc(Cl)c(C(=O)OC)c1. The molecule has 4 nitrogen and oxygen atoms in total. The third-order valence-corrected chi connectivity index (χ3v) is 3.03. The molecule has 98 valence electrons. The lowest BCUT2D eigenvalue weighted by molar-refractivity contribution is -0.119. The number of halogens is 1. The topological polar surface area (TPSA) is 55.4 Å². The van der Waals surface area contributed by atoms with Crippen LogP contribution in [0.1, 0.15) is 30.6 Å². The van der Waals surface area contributed by atoms with E-state index in [2.05, 4.69) is 10.1 Å². The number of hydrogen-bond acceptors (Lipinski definition) is 3. The molecule has 1 N–H and O–H groups in total. The van der Waals surface area contributed by atoms with Crippen LogP contribution >= 0.6 is 11.6 Å². The summed E-state index contributed by atoms with van der Waals surface area (Å²) < 4.78 is 4.61. The molecule has 0 saturated heterocycles. The molecular weight excluding hydrogens is 254 g/mol. The number of esters is 1. The molecule has 1 aromatic rings. The molecule has 1 amide bonds. The van der Waals surface area contributed by atoms with Gasteiger partial charge >= 0.3 is 5.97 Å². The maximum Gasteiger partial charge on any atom is 0.339 e. The van der Waals surface area contributed by atoms with Crippen molar-refractivity contribution in [2.45, 2.75) is 20.3 Å². The van der Waals surface area contributed by atoms with E-state index in [0.717, 1.165) is 6.42 Å². The molecule has 5 heteroatoms. The van der Waals surface area contributed by atoms with Crippen LogP contribution in [0.4, 0.5) is 5.69 Å². The second-order valence-electron chi connectivity index (χ2n) is 3.98. The third-order valence-electron chi connectivity index (χ3n) is 2.70. The molecule has 1 unspecified atom stereocenters. The van der Waals surface area contributed by atoms with E-state index in [9.17, 15) is 9.59 Å². The van der Waals surface area contributed by atoms with Crippen LogP contribution in [0, 0.1) is 5.92 Å². The Morgan fingerprint density at radius 2 is 2.11 bits per heavy atom. The second-order valence-corrected chi connectivity index (χ2v) is 4.39. The molecule has 1 rings (SSSR count). The third kappa shape index (κ3) is 3.47. The van der Waals surface area contributed by atoms with Crippen LogP contribution in [0.15, 0.2) is 18.2 Å². The van der Waals surface area contributed by atoms with Crippen molar-refractivity contribution in [1.29, 1.82) is 0 Å². The highest BCUT2D eigenvalue weighted by Gasteiger charge is 2.14. The van der Waals surface area contributed by atoms with Gasteiger partial charge in [0.25, 0.3) is 0 Å². The van der Waals surface area contributed by atoms with Crippen LogP contribution in [0.2, 0.25) is 5.02 Å². The average Bonchev–Trinajstić information content (AvgIpc) is 2.38. The van der Waals surface area contributed by atoms with Crippen molar-refractivity contribution >= 4 is 29.2 Å². The highest BCUT2D eigenvalue weighted by molar-refractivity contribution is 6.33. The Morgan fingerprint density at radius 1 is 1.44 bits per heavy atom. The van der Waals surface area contributed by atoms with E-state index in [1.807, 2.05) is 13.8 Å². The summed E-state index contributed by atoms with van der Waals surface area (Å²) in [6, 6.07) is 4.71. The van der Waals surface area contributed by atoms with Crippen molar-refractivity contribution in [3.63, 3.8) is 0 Å². The smallest absolute Gasteiger partial charge is 0.339 e. The summed E-state index contributed by atoms with van der Waals surface area (Å²) in [5.74, 6) is -0.697. The Labute approximate surface area is 111 Å². The monoisotopic (exact) mass is 269 g/mol. The molecule has 1 aromatic carbocycles. The van der Waals surface area contributed by atoms with Crippen LogP contribution in [0.25, 0.3) is 0 Å². The summed E-state index contributed by atoms with van der Waals surface area (Å²) in [5, 5.41) is 3.03. The first-order chi connectivity index (χ1) is 8.49. The molecule has 0 heterocycles. The van der Waals surface area contributed by atoms with Gasteiger partial charge in [-0.25, -0.2) is 4.79 Å². The summed E-state index contributed by atoms with van der Waals surface area (Å²) in [4.78, 5) is 23.2. The van der Waals surface area contributed by atoms with Gasteiger partial charge in [-0.05, 0) is 24.6 Å². The van der Waals surface area contributed by atoms with Gasteiger partial charge in [-0.15, -0.1) is 0 Å². The van der Waals surface area contributed by atoms with Crippen LogP contribution < -0.4 is 5.32 Å². The maximum atomic E-state index is 11.7. The van der Waals surface area contributed by atoms with E-state index in [-0.39, 0.29) is 17.4 Å². The minimum atomic E-state index is -0.528. The summed E-state index contributed by atoms with van der Waals surface area (Å²) >= 11 is 5.88. The predicted octanol–water partition coefficient (Wildman–Crippen LogP) is 3.11. The number of rotatable bonds is 4.